The van der Waals surface area contributed by atoms with Crippen LogP contribution in [0.25, 0.3) is 0 Å². The first kappa shape index (κ1) is 13.9. The Labute approximate surface area is 128 Å². The molecule has 0 radical (unpaired) electrons. The van der Waals surface area contributed by atoms with Crippen LogP contribution in [0.15, 0.2) is 42.7 Å². The van der Waals surface area contributed by atoms with Gasteiger partial charge in [-0.2, -0.15) is 0 Å². The molecule has 2 aromatic rings. The van der Waals surface area contributed by atoms with E-state index in [2.05, 4.69) is 4.98 Å². The van der Waals surface area contributed by atoms with Crippen LogP contribution in [0.5, 0.6) is 0 Å². The van der Waals surface area contributed by atoms with Crippen molar-refractivity contribution in [3.8, 4) is 0 Å². The number of likely N-dealkylation sites (tertiary alicyclic amines) is 1. The lowest BCUT2D eigenvalue weighted by Gasteiger charge is -2.25. The van der Waals surface area contributed by atoms with Gasteiger partial charge in [0.15, 0.2) is 0 Å². The predicted octanol–water partition coefficient (Wildman–Crippen LogP) is 3.29. The van der Waals surface area contributed by atoms with Gasteiger partial charge >= 0.3 is 0 Å². The molecule has 0 aliphatic carbocycles. The van der Waals surface area contributed by atoms with E-state index in [4.69, 9.17) is 17.3 Å². The van der Waals surface area contributed by atoms with Crippen molar-refractivity contribution in [2.24, 2.45) is 0 Å². The SMILES string of the molecule is Nc1ccc(Cl)c(C(=O)N2CCCC2c2ccncc2)c1. The van der Waals surface area contributed by atoms with Crippen LogP contribution >= 0.6 is 11.6 Å². The van der Waals surface area contributed by atoms with Crippen LogP contribution in [0, 0.1) is 0 Å². The average molecular weight is 302 g/mol. The van der Waals surface area contributed by atoms with Gasteiger partial charge in [0.2, 0.25) is 0 Å². The maximum atomic E-state index is 12.8. The van der Waals surface area contributed by atoms with Crippen molar-refractivity contribution in [3.63, 3.8) is 0 Å². The summed E-state index contributed by atoms with van der Waals surface area (Å²) in [5.41, 5.74) is 7.89. The smallest absolute Gasteiger partial charge is 0.255 e. The summed E-state index contributed by atoms with van der Waals surface area (Å²) < 4.78 is 0. The molecule has 2 N–H and O–H groups in total. The number of anilines is 1. The molecule has 1 aromatic carbocycles. The lowest BCUT2D eigenvalue weighted by atomic mass is 10.1. The van der Waals surface area contributed by atoms with Crippen molar-refractivity contribution in [1.29, 1.82) is 0 Å². The first-order valence-corrected chi connectivity index (χ1v) is 7.30. The number of aromatic nitrogens is 1. The van der Waals surface area contributed by atoms with Gasteiger partial charge in [0, 0.05) is 24.6 Å². The van der Waals surface area contributed by atoms with Gasteiger partial charge in [-0.15, -0.1) is 0 Å². The number of amides is 1. The van der Waals surface area contributed by atoms with Crippen molar-refractivity contribution < 1.29 is 4.79 Å². The van der Waals surface area contributed by atoms with Crippen LogP contribution in [0.1, 0.15) is 34.8 Å². The summed E-state index contributed by atoms with van der Waals surface area (Å²) in [7, 11) is 0. The van der Waals surface area contributed by atoms with Crippen molar-refractivity contribution in [2.45, 2.75) is 18.9 Å². The standard InChI is InChI=1S/C16H16ClN3O/c17-14-4-3-12(18)10-13(14)16(21)20-9-1-2-15(20)11-5-7-19-8-6-11/h3-8,10,15H,1-2,9,18H2. The molecule has 0 spiro atoms. The van der Waals surface area contributed by atoms with E-state index in [1.165, 1.54) is 0 Å². The first-order valence-electron chi connectivity index (χ1n) is 6.93. The van der Waals surface area contributed by atoms with Crippen LogP contribution in [0.2, 0.25) is 5.02 Å². The molecular formula is C16H16ClN3O. The van der Waals surface area contributed by atoms with Crippen molar-refractivity contribution in [3.05, 3.63) is 58.9 Å². The maximum Gasteiger partial charge on any atom is 0.255 e. The van der Waals surface area contributed by atoms with Gasteiger partial charge in [-0.1, -0.05) is 11.6 Å². The minimum atomic E-state index is -0.0633. The second kappa shape index (κ2) is 5.74. The van der Waals surface area contributed by atoms with E-state index in [9.17, 15) is 4.79 Å². The molecule has 1 saturated heterocycles. The summed E-state index contributed by atoms with van der Waals surface area (Å²) in [4.78, 5) is 18.7. The first-order chi connectivity index (χ1) is 10.2. The van der Waals surface area contributed by atoms with Crippen LogP contribution in [-0.4, -0.2) is 22.3 Å². The van der Waals surface area contributed by atoms with Crippen molar-refractivity contribution in [1.82, 2.24) is 9.88 Å². The number of carbonyl (C=O) groups excluding carboxylic acids is 1. The van der Waals surface area contributed by atoms with Crippen LogP contribution < -0.4 is 5.73 Å². The highest BCUT2D eigenvalue weighted by molar-refractivity contribution is 6.34. The molecule has 1 fully saturated rings. The topological polar surface area (TPSA) is 59.2 Å². The molecule has 0 bridgehead atoms. The fourth-order valence-corrected chi connectivity index (χ4v) is 3.00. The van der Waals surface area contributed by atoms with Gasteiger partial charge in [-0.05, 0) is 48.7 Å². The van der Waals surface area contributed by atoms with Gasteiger partial charge in [0.25, 0.3) is 5.91 Å². The van der Waals surface area contributed by atoms with Crippen molar-refractivity contribution in [2.75, 3.05) is 12.3 Å². The van der Waals surface area contributed by atoms with Gasteiger partial charge in [-0.3, -0.25) is 9.78 Å². The summed E-state index contributed by atoms with van der Waals surface area (Å²) in [6, 6.07) is 9.00. The molecule has 4 nitrogen and oxygen atoms in total. The number of rotatable bonds is 2. The number of pyridine rings is 1. The zero-order valence-electron chi connectivity index (χ0n) is 11.5. The average Bonchev–Trinajstić information content (AvgIpc) is 2.99. The van der Waals surface area contributed by atoms with E-state index < -0.39 is 0 Å². The monoisotopic (exact) mass is 301 g/mol. The number of halogens is 1. The molecule has 1 aliphatic rings. The lowest BCUT2D eigenvalue weighted by Crippen LogP contribution is -2.30. The van der Waals surface area contributed by atoms with E-state index >= 15 is 0 Å². The highest BCUT2D eigenvalue weighted by atomic mass is 35.5. The molecule has 1 unspecified atom stereocenters. The number of carbonyl (C=O) groups is 1. The Morgan fingerprint density at radius 3 is 2.81 bits per heavy atom. The third kappa shape index (κ3) is 2.72. The Morgan fingerprint density at radius 2 is 2.05 bits per heavy atom. The third-order valence-electron chi connectivity index (χ3n) is 3.83. The summed E-state index contributed by atoms with van der Waals surface area (Å²) in [5, 5.41) is 0.439. The Bertz CT molecular complexity index is 660. The Morgan fingerprint density at radius 1 is 1.29 bits per heavy atom. The third-order valence-corrected chi connectivity index (χ3v) is 4.15. The molecule has 3 rings (SSSR count). The van der Waals surface area contributed by atoms with Crippen LogP contribution in [-0.2, 0) is 0 Å². The van der Waals surface area contributed by atoms with E-state index in [-0.39, 0.29) is 11.9 Å². The molecule has 1 atom stereocenters. The minimum Gasteiger partial charge on any atom is -0.399 e. The van der Waals surface area contributed by atoms with Gasteiger partial charge in [0.1, 0.15) is 0 Å². The van der Waals surface area contributed by atoms with Crippen LogP contribution in [0.4, 0.5) is 5.69 Å². The Hall–Kier alpha value is -2.07. The second-order valence-corrected chi connectivity index (χ2v) is 5.58. The highest BCUT2D eigenvalue weighted by Gasteiger charge is 2.31. The summed E-state index contributed by atoms with van der Waals surface area (Å²) >= 11 is 6.15. The molecule has 1 aromatic heterocycles. The summed E-state index contributed by atoms with van der Waals surface area (Å²) in [5.74, 6) is -0.0633. The van der Waals surface area contributed by atoms with Gasteiger partial charge in [-0.25, -0.2) is 0 Å². The van der Waals surface area contributed by atoms with Gasteiger partial charge in [0.05, 0.1) is 16.6 Å². The minimum absolute atomic E-state index is 0.0633. The molecule has 1 amide bonds. The number of nitrogens with two attached hydrogens (primary N) is 1. The number of hydrogen-bond acceptors (Lipinski definition) is 3. The fourth-order valence-electron chi connectivity index (χ4n) is 2.80. The molecule has 108 valence electrons. The predicted molar refractivity (Wildman–Crippen MR) is 83.1 cm³/mol. The summed E-state index contributed by atoms with van der Waals surface area (Å²) in [6.07, 6.45) is 5.45. The lowest BCUT2D eigenvalue weighted by molar-refractivity contribution is 0.0736. The quantitative estimate of drug-likeness (QED) is 0.866. The van der Waals surface area contributed by atoms with Crippen LogP contribution in [0.3, 0.4) is 0 Å². The Balaban J connectivity index is 1.92. The Kier molecular flexibility index (Phi) is 3.80. The summed E-state index contributed by atoms with van der Waals surface area (Å²) in [6.45, 7) is 0.733. The van der Waals surface area contributed by atoms with E-state index in [0.29, 0.717) is 16.3 Å². The number of nitrogen functional groups attached to an aromatic ring is 1. The normalized spacial score (nSPS) is 18.0. The second-order valence-electron chi connectivity index (χ2n) is 5.18. The highest BCUT2D eigenvalue weighted by Crippen LogP contribution is 2.34. The van der Waals surface area contributed by atoms with Crippen molar-refractivity contribution >= 4 is 23.2 Å². The van der Waals surface area contributed by atoms with E-state index in [1.54, 1.807) is 30.6 Å². The van der Waals surface area contributed by atoms with E-state index in [1.807, 2.05) is 17.0 Å². The molecular weight excluding hydrogens is 286 g/mol. The zero-order valence-corrected chi connectivity index (χ0v) is 12.3. The molecule has 21 heavy (non-hydrogen) atoms. The fraction of sp³-hybridized carbons (Fsp3) is 0.250. The van der Waals surface area contributed by atoms with E-state index in [0.717, 1.165) is 24.9 Å². The van der Waals surface area contributed by atoms with Gasteiger partial charge < -0.3 is 10.6 Å². The molecule has 1 aliphatic heterocycles. The molecule has 2 heterocycles. The molecule has 5 heteroatoms. The number of nitrogens with zero attached hydrogens (tertiary/aromatic N) is 2. The number of benzene rings is 1. The number of hydrogen-bond donors (Lipinski definition) is 1. The largest absolute Gasteiger partial charge is 0.399 e. The maximum absolute atomic E-state index is 12.8. The zero-order chi connectivity index (χ0) is 14.8. The molecule has 0 saturated carbocycles.